The monoisotopic (exact) mass is 290 g/mol. The molecule has 0 fully saturated rings. The second-order valence-electron chi connectivity index (χ2n) is 4.80. The van der Waals surface area contributed by atoms with Gasteiger partial charge in [-0.05, 0) is 23.5 Å². The van der Waals surface area contributed by atoms with E-state index in [-0.39, 0.29) is 0 Å². The molecule has 2 N–H and O–H groups in total. The van der Waals surface area contributed by atoms with E-state index in [9.17, 15) is 9.59 Å². The van der Waals surface area contributed by atoms with Gasteiger partial charge in [0, 0.05) is 0 Å². The molecule has 0 unspecified atom stereocenters. The maximum Gasteiger partial charge on any atom is 0.358 e. The minimum absolute atomic E-state index is 0.763. The number of benzene rings is 2. The van der Waals surface area contributed by atoms with Crippen LogP contribution in [0.1, 0.15) is 0 Å². The average molecular weight is 290 g/mol. The van der Waals surface area contributed by atoms with E-state index in [4.69, 9.17) is 4.12 Å². The molecule has 0 spiro atoms. The fourth-order valence-corrected chi connectivity index (χ4v) is 7.66. The molecule has 0 saturated carbocycles. The molecular formula is C14H18O3Si2. The first-order chi connectivity index (χ1) is 8.92. The maximum atomic E-state index is 10.6. The van der Waals surface area contributed by atoms with Crippen molar-refractivity contribution in [3.05, 3.63) is 60.7 Å². The minimum Gasteiger partial charge on any atom is -0.408 e. The van der Waals surface area contributed by atoms with Crippen LogP contribution in [0.4, 0.5) is 0 Å². The van der Waals surface area contributed by atoms with Gasteiger partial charge in [0.1, 0.15) is 0 Å². The Morgan fingerprint density at radius 2 is 1.00 bits per heavy atom. The smallest absolute Gasteiger partial charge is 0.358 e. The molecule has 19 heavy (non-hydrogen) atoms. The lowest BCUT2D eigenvalue weighted by molar-refractivity contribution is 0.334. The van der Waals surface area contributed by atoms with E-state index in [1.54, 1.807) is 13.1 Å². The molecule has 0 aliphatic carbocycles. The van der Waals surface area contributed by atoms with Gasteiger partial charge < -0.3 is 13.7 Å². The van der Waals surface area contributed by atoms with Crippen LogP contribution >= 0.6 is 0 Å². The van der Waals surface area contributed by atoms with Crippen LogP contribution in [0.5, 0.6) is 0 Å². The molecule has 0 aliphatic heterocycles. The van der Waals surface area contributed by atoms with E-state index < -0.39 is 17.1 Å². The van der Waals surface area contributed by atoms with E-state index in [0.29, 0.717) is 0 Å². The maximum absolute atomic E-state index is 10.6. The number of rotatable bonds is 4. The summed E-state index contributed by atoms with van der Waals surface area (Å²) >= 11 is 0. The summed E-state index contributed by atoms with van der Waals surface area (Å²) in [6.45, 7) is 3.37. The van der Waals surface area contributed by atoms with Crippen molar-refractivity contribution in [3.63, 3.8) is 0 Å². The molecule has 2 aromatic carbocycles. The average Bonchev–Trinajstić information content (AvgIpc) is 2.40. The summed E-state index contributed by atoms with van der Waals surface area (Å²) in [4.78, 5) is 21.1. The van der Waals surface area contributed by atoms with Crippen molar-refractivity contribution in [2.24, 2.45) is 0 Å². The molecule has 0 aromatic heterocycles. The lowest BCUT2D eigenvalue weighted by Crippen LogP contribution is -2.61. The second kappa shape index (κ2) is 5.40. The van der Waals surface area contributed by atoms with Crippen molar-refractivity contribution >= 4 is 27.5 Å². The predicted molar refractivity (Wildman–Crippen MR) is 80.9 cm³/mol. The Morgan fingerprint density at radius 3 is 1.32 bits per heavy atom. The predicted octanol–water partition coefficient (Wildman–Crippen LogP) is 0.946. The first-order valence-corrected chi connectivity index (χ1v) is 10.9. The van der Waals surface area contributed by atoms with Crippen LogP contribution in [0.3, 0.4) is 0 Å². The fraction of sp³-hybridized carbons (Fsp3) is 0.143. The van der Waals surface area contributed by atoms with Gasteiger partial charge in [-0.2, -0.15) is 0 Å². The largest absolute Gasteiger partial charge is 0.408 e. The summed E-state index contributed by atoms with van der Waals surface area (Å²) in [5, 5.41) is 1.53. The highest BCUT2D eigenvalue weighted by molar-refractivity contribution is 6.91. The lowest BCUT2D eigenvalue weighted by atomic mass is 10.4. The van der Waals surface area contributed by atoms with Crippen molar-refractivity contribution in [2.75, 3.05) is 0 Å². The molecule has 0 saturated heterocycles. The standard InChI is InChI=1S/C14H18O3Si2/c1-18(15,13-9-5-3-6-10-13)17-19(2,16)14-11-7-4-8-12-14/h3-12,15-16H,1-2H3/t18-,19+. The molecule has 0 amide bonds. The lowest BCUT2D eigenvalue weighted by Gasteiger charge is -2.30. The molecule has 0 aliphatic rings. The van der Waals surface area contributed by atoms with Crippen molar-refractivity contribution in [3.8, 4) is 0 Å². The quantitative estimate of drug-likeness (QED) is 0.824. The molecule has 100 valence electrons. The topological polar surface area (TPSA) is 49.7 Å². The van der Waals surface area contributed by atoms with E-state index >= 15 is 0 Å². The Balaban J connectivity index is 2.25. The molecule has 0 radical (unpaired) electrons. The normalized spacial score (nSPS) is 17.5. The summed E-state index contributed by atoms with van der Waals surface area (Å²) in [7, 11) is -6.17. The van der Waals surface area contributed by atoms with Crippen molar-refractivity contribution in [1.29, 1.82) is 0 Å². The Morgan fingerprint density at radius 1 is 0.684 bits per heavy atom. The van der Waals surface area contributed by atoms with Crippen molar-refractivity contribution in [2.45, 2.75) is 13.1 Å². The Kier molecular flexibility index (Phi) is 4.03. The van der Waals surface area contributed by atoms with Crippen LogP contribution in [-0.4, -0.2) is 26.7 Å². The molecule has 0 heterocycles. The Hall–Kier alpha value is -1.25. The van der Waals surface area contributed by atoms with E-state index in [2.05, 4.69) is 0 Å². The van der Waals surface area contributed by atoms with Crippen LogP contribution in [-0.2, 0) is 4.12 Å². The summed E-state index contributed by atoms with van der Waals surface area (Å²) in [6, 6.07) is 18.6. The van der Waals surface area contributed by atoms with Gasteiger partial charge in [0.25, 0.3) is 0 Å². The molecule has 5 heteroatoms. The van der Waals surface area contributed by atoms with Gasteiger partial charge >= 0.3 is 17.1 Å². The van der Waals surface area contributed by atoms with E-state index in [1.165, 1.54) is 0 Å². The van der Waals surface area contributed by atoms with Gasteiger partial charge in [0.2, 0.25) is 0 Å². The first-order valence-electron chi connectivity index (χ1n) is 6.18. The van der Waals surface area contributed by atoms with Gasteiger partial charge in [0.05, 0.1) is 0 Å². The summed E-state index contributed by atoms with van der Waals surface area (Å²) in [6.07, 6.45) is 0. The molecule has 2 rings (SSSR count). The third kappa shape index (κ3) is 3.40. The second-order valence-corrected chi connectivity index (χ2v) is 10.7. The highest BCUT2D eigenvalue weighted by Gasteiger charge is 2.41. The van der Waals surface area contributed by atoms with Crippen LogP contribution in [0.15, 0.2) is 60.7 Å². The van der Waals surface area contributed by atoms with Crippen molar-refractivity contribution in [1.82, 2.24) is 0 Å². The third-order valence-corrected chi connectivity index (χ3v) is 9.01. The molecule has 3 nitrogen and oxygen atoms in total. The Labute approximate surface area is 115 Å². The van der Waals surface area contributed by atoms with Gasteiger partial charge in [-0.25, -0.2) is 0 Å². The zero-order valence-electron chi connectivity index (χ0n) is 11.1. The molecule has 2 atom stereocenters. The number of hydrogen-bond donors (Lipinski definition) is 2. The van der Waals surface area contributed by atoms with Gasteiger partial charge in [0.15, 0.2) is 0 Å². The van der Waals surface area contributed by atoms with Gasteiger partial charge in [-0.3, -0.25) is 0 Å². The molecule has 0 bridgehead atoms. The molecular weight excluding hydrogens is 272 g/mol. The van der Waals surface area contributed by atoms with Crippen LogP contribution in [0.2, 0.25) is 13.1 Å². The fourth-order valence-electron chi connectivity index (χ4n) is 2.00. The van der Waals surface area contributed by atoms with Crippen LogP contribution in [0, 0.1) is 0 Å². The summed E-state index contributed by atoms with van der Waals surface area (Å²) in [5.74, 6) is 0. The first kappa shape index (κ1) is 14.2. The van der Waals surface area contributed by atoms with Crippen LogP contribution in [0.25, 0.3) is 0 Å². The zero-order valence-corrected chi connectivity index (χ0v) is 13.1. The Bertz CT molecular complexity index is 477. The summed E-state index contributed by atoms with van der Waals surface area (Å²) in [5.41, 5.74) is 0. The minimum atomic E-state index is -3.09. The summed E-state index contributed by atoms with van der Waals surface area (Å²) < 4.78 is 5.79. The van der Waals surface area contributed by atoms with Crippen LogP contribution < -0.4 is 10.4 Å². The van der Waals surface area contributed by atoms with Gasteiger partial charge in [-0.1, -0.05) is 60.7 Å². The highest BCUT2D eigenvalue weighted by Crippen LogP contribution is 2.10. The molecule has 2 aromatic rings. The van der Waals surface area contributed by atoms with Gasteiger partial charge in [-0.15, -0.1) is 0 Å². The van der Waals surface area contributed by atoms with Crippen molar-refractivity contribution < 1.29 is 13.7 Å². The highest BCUT2D eigenvalue weighted by atomic mass is 28.5. The zero-order chi connectivity index (χ0) is 13.9. The van der Waals surface area contributed by atoms with E-state index in [1.807, 2.05) is 60.7 Å². The third-order valence-electron chi connectivity index (χ3n) is 3.02. The number of hydrogen-bond acceptors (Lipinski definition) is 3. The van der Waals surface area contributed by atoms with E-state index in [0.717, 1.165) is 10.4 Å². The SMILES string of the molecule is C[Si@](O)(O[Si@@](C)(O)c1ccccc1)c1ccccc1.